The van der Waals surface area contributed by atoms with Crippen LogP contribution in [0.3, 0.4) is 0 Å². The molecule has 0 radical (unpaired) electrons. The molecule has 0 amide bonds. The van der Waals surface area contributed by atoms with Crippen LogP contribution in [-0.4, -0.2) is 34.7 Å². The molecular weight excluding hydrogens is 573 g/mol. The maximum absolute atomic E-state index is 14.1. The van der Waals surface area contributed by atoms with Gasteiger partial charge in [-0.15, -0.1) is 0 Å². The van der Waals surface area contributed by atoms with Gasteiger partial charge in [-0.25, -0.2) is 19.1 Å². The summed E-state index contributed by atoms with van der Waals surface area (Å²) in [5.74, 6) is 2.01. The molecule has 4 N–H and O–H groups in total. The number of hydrogen-bond acceptors (Lipinski definition) is 7. The fourth-order valence-electron chi connectivity index (χ4n) is 4.30. The Kier molecular flexibility index (Phi) is 8.85. The minimum absolute atomic E-state index is 0.0683. The maximum atomic E-state index is 14.1. The molecule has 216 valence electrons. The zero-order chi connectivity index (χ0) is 30.5. The number of carboxylic acid groups (broad SMARTS) is 1. The van der Waals surface area contributed by atoms with Gasteiger partial charge in [-0.3, -0.25) is 14.3 Å². The number of nitrogens with zero attached hydrogens (tertiary/aromatic N) is 3. The number of carboxylic acids is 1. The molecule has 9 nitrogen and oxygen atoms in total. The number of pyridine rings is 2. The summed E-state index contributed by atoms with van der Waals surface area (Å²) in [5, 5.41) is 16.4. The van der Waals surface area contributed by atoms with Crippen LogP contribution >= 0.6 is 0 Å². The highest BCUT2D eigenvalue weighted by Crippen LogP contribution is 2.38. The first-order valence-electron chi connectivity index (χ1n) is 12.1. The van der Waals surface area contributed by atoms with Crippen LogP contribution in [0.2, 0.25) is 0 Å². The Morgan fingerprint density at radius 1 is 0.881 bits per heavy atom. The van der Waals surface area contributed by atoms with Gasteiger partial charge in [-0.2, -0.15) is 13.2 Å². The van der Waals surface area contributed by atoms with E-state index in [1.807, 2.05) is 30.3 Å². The number of hydrogen-bond donors (Lipinski definition) is 3. The number of benzene rings is 3. The van der Waals surface area contributed by atoms with Gasteiger partial charge in [0.1, 0.15) is 5.56 Å². The van der Waals surface area contributed by atoms with E-state index >= 15 is 0 Å². The molecule has 0 saturated heterocycles. The maximum Gasteiger partial charge on any atom is 0.416 e. The number of nitrogens with two attached hydrogens (primary N) is 1. The van der Waals surface area contributed by atoms with Crippen molar-refractivity contribution in [2.75, 3.05) is 4.31 Å². The van der Waals surface area contributed by atoms with Gasteiger partial charge in [0, 0.05) is 24.0 Å². The molecule has 0 atom stereocenters. The van der Waals surface area contributed by atoms with Crippen molar-refractivity contribution in [1.82, 2.24) is 9.97 Å². The molecular formula is C29H23F3N4O5S. The zero-order valence-corrected chi connectivity index (χ0v) is 22.4. The third-order valence-electron chi connectivity index (χ3n) is 6.25. The highest BCUT2D eigenvalue weighted by atomic mass is 32.2. The summed E-state index contributed by atoms with van der Waals surface area (Å²) in [4.78, 5) is 20.1. The van der Waals surface area contributed by atoms with Crippen molar-refractivity contribution in [1.29, 1.82) is 0 Å². The van der Waals surface area contributed by atoms with Gasteiger partial charge in [-0.1, -0.05) is 54.6 Å². The fraction of sp³-hybridized carbons (Fsp3) is 0.0690. The predicted octanol–water partition coefficient (Wildman–Crippen LogP) is 5.74. The predicted molar refractivity (Wildman–Crippen MR) is 149 cm³/mol. The van der Waals surface area contributed by atoms with Crippen molar-refractivity contribution in [2.45, 2.75) is 17.6 Å². The summed E-state index contributed by atoms with van der Waals surface area (Å²) < 4.78 is 69.4. The van der Waals surface area contributed by atoms with Crippen LogP contribution < -0.4 is 10.2 Å². The lowest BCUT2D eigenvalue weighted by Crippen LogP contribution is -2.32. The molecule has 0 aliphatic heterocycles. The molecule has 0 unspecified atom stereocenters. The molecule has 2 aromatic heterocycles. The summed E-state index contributed by atoms with van der Waals surface area (Å²) in [6.07, 6.45) is -0.895. The third kappa shape index (κ3) is 6.22. The van der Waals surface area contributed by atoms with Crippen molar-refractivity contribution in [3.05, 3.63) is 120 Å². The van der Waals surface area contributed by atoms with Crippen LogP contribution in [0, 0.1) is 0 Å². The SMILES string of the molecule is NO.O=C(O)c1cnc2cc(C(F)(F)F)ccc2c1N(Cc1cccnc1)S(=O)(=O)c1ccc(-c2ccccc2)cc1. The molecule has 5 aromatic rings. The summed E-state index contributed by atoms with van der Waals surface area (Å²) in [7, 11) is -4.45. The fourth-order valence-corrected chi connectivity index (χ4v) is 5.79. The van der Waals surface area contributed by atoms with E-state index in [1.165, 1.54) is 24.5 Å². The van der Waals surface area contributed by atoms with Crippen LogP contribution in [-0.2, 0) is 22.7 Å². The molecule has 0 spiro atoms. The van der Waals surface area contributed by atoms with Crippen LogP contribution in [0.4, 0.5) is 18.9 Å². The van der Waals surface area contributed by atoms with Gasteiger partial charge < -0.3 is 10.3 Å². The van der Waals surface area contributed by atoms with Crippen molar-refractivity contribution in [3.63, 3.8) is 0 Å². The van der Waals surface area contributed by atoms with Gasteiger partial charge in [0.2, 0.25) is 0 Å². The third-order valence-corrected chi connectivity index (χ3v) is 8.01. The number of anilines is 1. The number of alkyl halides is 3. The van der Waals surface area contributed by atoms with E-state index in [-0.39, 0.29) is 28.0 Å². The monoisotopic (exact) mass is 596 g/mol. The molecule has 0 aliphatic carbocycles. The van der Waals surface area contributed by atoms with Gasteiger partial charge >= 0.3 is 12.1 Å². The molecule has 0 fully saturated rings. The molecule has 0 saturated carbocycles. The topological polar surface area (TPSA) is 147 Å². The van der Waals surface area contributed by atoms with Crippen LogP contribution in [0.25, 0.3) is 22.0 Å². The van der Waals surface area contributed by atoms with Crippen molar-refractivity contribution >= 4 is 32.6 Å². The van der Waals surface area contributed by atoms with Gasteiger partial charge in [0.25, 0.3) is 10.0 Å². The normalized spacial score (nSPS) is 11.5. The molecule has 0 bridgehead atoms. The van der Waals surface area contributed by atoms with Crippen LogP contribution in [0.5, 0.6) is 0 Å². The van der Waals surface area contributed by atoms with Crippen LogP contribution in [0.15, 0.2) is 108 Å². The molecule has 2 heterocycles. The highest BCUT2D eigenvalue weighted by molar-refractivity contribution is 7.92. The molecule has 5 rings (SSSR count). The van der Waals surface area contributed by atoms with E-state index in [0.717, 1.165) is 39.8 Å². The lowest BCUT2D eigenvalue weighted by molar-refractivity contribution is -0.137. The Morgan fingerprint density at radius 2 is 1.55 bits per heavy atom. The van der Waals surface area contributed by atoms with E-state index < -0.39 is 33.3 Å². The summed E-state index contributed by atoms with van der Waals surface area (Å²) in [6.45, 7) is -0.336. The first-order chi connectivity index (χ1) is 20.1. The van der Waals surface area contributed by atoms with Crippen molar-refractivity contribution < 1.29 is 36.7 Å². The van der Waals surface area contributed by atoms with Gasteiger partial charge in [0.05, 0.1) is 28.2 Å². The summed E-state index contributed by atoms with van der Waals surface area (Å²) in [6, 6.07) is 21.1. The molecule has 13 heteroatoms. The number of aromatic carboxylic acids is 1. The Balaban J connectivity index is 0.00000198. The average molecular weight is 597 g/mol. The van der Waals surface area contributed by atoms with E-state index in [4.69, 9.17) is 5.21 Å². The Labute approximate surface area is 238 Å². The second kappa shape index (κ2) is 12.3. The van der Waals surface area contributed by atoms with E-state index in [2.05, 4.69) is 15.9 Å². The Morgan fingerprint density at radius 3 is 2.14 bits per heavy atom. The number of rotatable bonds is 7. The van der Waals surface area contributed by atoms with Crippen molar-refractivity contribution in [2.24, 2.45) is 5.90 Å². The summed E-state index contributed by atoms with van der Waals surface area (Å²) >= 11 is 0. The van der Waals surface area contributed by atoms with E-state index in [9.17, 15) is 31.5 Å². The second-order valence-electron chi connectivity index (χ2n) is 8.82. The van der Waals surface area contributed by atoms with Gasteiger partial charge in [-0.05, 0) is 47.0 Å². The van der Waals surface area contributed by atoms with E-state index in [0.29, 0.717) is 5.56 Å². The zero-order valence-electron chi connectivity index (χ0n) is 21.6. The first kappa shape index (κ1) is 30.1. The van der Waals surface area contributed by atoms with Crippen molar-refractivity contribution in [3.8, 4) is 11.1 Å². The standard InChI is InChI=1S/C29H20F3N3O4S.H3NO/c30-29(31,32)22-10-13-24-26(15-22)34-17-25(28(36)37)27(24)35(18-19-5-4-14-33-16-19)40(38,39)23-11-8-21(9-12-23)20-6-2-1-3-7-20;1-2/h1-17H,18H2,(H,36,37);2H,1H2. The summed E-state index contributed by atoms with van der Waals surface area (Å²) in [5.41, 5.74) is 0.0643. The number of aromatic nitrogens is 2. The number of sulfonamides is 1. The smallest absolute Gasteiger partial charge is 0.416 e. The Bertz CT molecular complexity index is 1800. The number of halogens is 3. The lowest BCUT2D eigenvalue weighted by atomic mass is 10.1. The molecule has 42 heavy (non-hydrogen) atoms. The Hall–Kier alpha value is -4.85. The first-order valence-corrected chi connectivity index (χ1v) is 13.6. The minimum atomic E-state index is -4.68. The van der Waals surface area contributed by atoms with Crippen LogP contribution in [0.1, 0.15) is 21.5 Å². The average Bonchev–Trinajstić information content (AvgIpc) is 3.00. The minimum Gasteiger partial charge on any atom is -0.478 e. The molecule has 3 aromatic carbocycles. The quantitative estimate of drug-likeness (QED) is 0.202. The lowest BCUT2D eigenvalue weighted by Gasteiger charge is -2.27. The number of fused-ring (bicyclic) bond motifs is 1. The highest BCUT2D eigenvalue weighted by Gasteiger charge is 2.34. The molecule has 0 aliphatic rings. The van der Waals surface area contributed by atoms with E-state index in [1.54, 1.807) is 24.3 Å². The van der Waals surface area contributed by atoms with Gasteiger partial charge in [0.15, 0.2) is 0 Å². The largest absolute Gasteiger partial charge is 0.478 e. The number of carbonyl (C=O) groups is 1. The second-order valence-corrected chi connectivity index (χ2v) is 10.7.